The SMILES string of the molecule is COC(=O)c1ccc(OCC(=O)N[C@H](c2ccccc2)c2cccs2)c(OC)c1. The summed E-state index contributed by atoms with van der Waals surface area (Å²) in [5, 5.41) is 4.99. The molecular weight excluding hydrogens is 390 g/mol. The number of amides is 1. The van der Waals surface area contributed by atoms with E-state index in [1.807, 2.05) is 47.8 Å². The molecule has 3 aromatic rings. The number of rotatable bonds is 8. The summed E-state index contributed by atoms with van der Waals surface area (Å²) in [6.45, 7) is -0.192. The first kappa shape index (κ1) is 20.4. The number of methoxy groups -OCH3 is 2. The first-order valence-electron chi connectivity index (χ1n) is 8.89. The number of carbonyl (C=O) groups excluding carboxylic acids is 2. The third-order valence-electron chi connectivity index (χ3n) is 4.21. The van der Waals surface area contributed by atoms with Gasteiger partial charge in [0.1, 0.15) is 0 Å². The fraction of sp³-hybridized carbons (Fsp3) is 0.182. The van der Waals surface area contributed by atoms with Crippen LogP contribution in [0.5, 0.6) is 11.5 Å². The third-order valence-corrected chi connectivity index (χ3v) is 5.15. The first-order chi connectivity index (χ1) is 14.1. The molecule has 1 N–H and O–H groups in total. The van der Waals surface area contributed by atoms with Crippen molar-refractivity contribution >= 4 is 23.2 Å². The normalized spacial score (nSPS) is 11.4. The zero-order valence-corrected chi connectivity index (χ0v) is 16.9. The van der Waals surface area contributed by atoms with Crippen LogP contribution in [0.25, 0.3) is 0 Å². The molecule has 0 fully saturated rings. The highest BCUT2D eigenvalue weighted by Gasteiger charge is 2.19. The third kappa shape index (κ3) is 5.14. The van der Waals surface area contributed by atoms with Crippen LogP contribution in [0.1, 0.15) is 26.8 Å². The van der Waals surface area contributed by atoms with Crippen molar-refractivity contribution in [1.29, 1.82) is 0 Å². The van der Waals surface area contributed by atoms with Crippen molar-refractivity contribution in [2.45, 2.75) is 6.04 Å². The lowest BCUT2D eigenvalue weighted by molar-refractivity contribution is -0.123. The van der Waals surface area contributed by atoms with E-state index in [0.717, 1.165) is 10.4 Å². The van der Waals surface area contributed by atoms with Gasteiger partial charge in [-0.25, -0.2) is 4.79 Å². The molecule has 1 aromatic heterocycles. The zero-order valence-electron chi connectivity index (χ0n) is 16.1. The molecule has 0 aliphatic heterocycles. The lowest BCUT2D eigenvalue weighted by Gasteiger charge is -2.18. The molecule has 0 aliphatic rings. The van der Waals surface area contributed by atoms with Crippen molar-refractivity contribution < 1.29 is 23.8 Å². The van der Waals surface area contributed by atoms with Crippen LogP contribution in [0.3, 0.4) is 0 Å². The van der Waals surface area contributed by atoms with Gasteiger partial charge in [0.15, 0.2) is 18.1 Å². The Morgan fingerprint density at radius 1 is 1.00 bits per heavy atom. The van der Waals surface area contributed by atoms with E-state index in [9.17, 15) is 9.59 Å². The Bertz CT molecular complexity index is 957. The van der Waals surface area contributed by atoms with Crippen molar-refractivity contribution in [3.63, 3.8) is 0 Å². The summed E-state index contributed by atoms with van der Waals surface area (Å²) in [5.74, 6) is -0.0400. The van der Waals surface area contributed by atoms with Crippen LogP contribution >= 0.6 is 11.3 Å². The van der Waals surface area contributed by atoms with Gasteiger partial charge in [0.2, 0.25) is 0 Å². The number of ether oxygens (including phenoxy) is 3. The highest BCUT2D eigenvalue weighted by atomic mass is 32.1. The molecule has 0 saturated carbocycles. The molecular formula is C22H21NO5S. The Morgan fingerprint density at radius 2 is 1.79 bits per heavy atom. The average Bonchev–Trinajstić information content (AvgIpc) is 3.30. The number of hydrogen-bond donors (Lipinski definition) is 1. The summed E-state index contributed by atoms with van der Waals surface area (Å²) < 4.78 is 15.6. The topological polar surface area (TPSA) is 73.9 Å². The Labute approximate surface area is 173 Å². The van der Waals surface area contributed by atoms with Gasteiger partial charge in [0.05, 0.1) is 25.8 Å². The monoisotopic (exact) mass is 411 g/mol. The fourth-order valence-electron chi connectivity index (χ4n) is 2.80. The predicted molar refractivity (Wildman–Crippen MR) is 111 cm³/mol. The lowest BCUT2D eigenvalue weighted by Crippen LogP contribution is -2.32. The van der Waals surface area contributed by atoms with Gasteiger partial charge in [-0.3, -0.25) is 4.79 Å². The van der Waals surface area contributed by atoms with Crippen molar-refractivity contribution in [1.82, 2.24) is 5.32 Å². The van der Waals surface area contributed by atoms with Crippen molar-refractivity contribution in [2.75, 3.05) is 20.8 Å². The second kappa shape index (κ2) is 9.75. The van der Waals surface area contributed by atoms with Gasteiger partial charge >= 0.3 is 5.97 Å². The molecule has 0 saturated heterocycles. The quantitative estimate of drug-likeness (QED) is 0.571. The zero-order chi connectivity index (χ0) is 20.6. The molecule has 29 heavy (non-hydrogen) atoms. The lowest BCUT2D eigenvalue weighted by atomic mass is 10.1. The molecule has 0 bridgehead atoms. The van der Waals surface area contributed by atoms with Crippen LogP contribution in [0, 0.1) is 0 Å². The Morgan fingerprint density at radius 3 is 2.45 bits per heavy atom. The average molecular weight is 411 g/mol. The number of nitrogens with one attached hydrogen (secondary N) is 1. The molecule has 1 heterocycles. The van der Waals surface area contributed by atoms with E-state index in [1.54, 1.807) is 23.5 Å². The van der Waals surface area contributed by atoms with E-state index in [1.165, 1.54) is 20.3 Å². The molecule has 3 rings (SSSR count). The van der Waals surface area contributed by atoms with Crippen molar-refractivity contribution in [2.24, 2.45) is 0 Å². The maximum atomic E-state index is 12.6. The van der Waals surface area contributed by atoms with Crippen LogP contribution in [-0.4, -0.2) is 32.7 Å². The maximum absolute atomic E-state index is 12.6. The molecule has 0 spiro atoms. The minimum absolute atomic E-state index is 0.192. The standard InChI is InChI=1S/C22H21NO5S/c1-26-18-13-16(22(25)27-2)10-11-17(18)28-14-20(24)23-21(19-9-6-12-29-19)15-7-4-3-5-8-15/h3-13,21H,14H2,1-2H3,(H,23,24)/t21-/m1/s1. The molecule has 1 amide bonds. The molecule has 150 valence electrons. The molecule has 1 atom stereocenters. The van der Waals surface area contributed by atoms with Crippen LogP contribution in [0.2, 0.25) is 0 Å². The number of carbonyl (C=O) groups is 2. The molecule has 6 nitrogen and oxygen atoms in total. The molecule has 2 aromatic carbocycles. The largest absolute Gasteiger partial charge is 0.493 e. The van der Waals surface area contributed by atoms with Crippen molar-refractivity contribution in [3.05, 3.63) is 82.0 Å². The molecule has 7 heteroatoms. The fourth-order valence-corrected chi connectivity index (χ4v) is 3.60. The van der Waals surface area contributed by atoms with Gasteiger partial charge < -0.3 is 19.5 Å². The van der Waals surface area contributed by atoms with Gasteiger partial charge in [-0.15, -0.1) is 11.3 Å². The van der Waals surface area contributed by atoms with Crippen LogP contribution < -0.4 is 14.8 Å². The van der Waals surface area contributed by atoms with Crippen LogP contribution in [-0.2, 0) is 9.53 Å². The van der Waals surface area contributed by atoms with Gasteiger partial charge in [-0.1, -0.05) is 36.4 Å². The van der Waals surface area contributed by atoms with Crippen LogP contribution in [0.4, 0.5) is 0 Å². The molecule has 0 unspecified atom stereocenters. The second-order valence-corrected chi connectivity index (χ2v) is 7.05. The van der Waals surface area contributed by atoms with Crippen LogP contribution in [0.15, 0.2) is 66.0 Å². The summed E-state index contributed by atoms with van der Waals surface area (Å²) in [6, 6.07) is 18.1. The van der Waals surface area contributed by atoms with Gasteiger partial charge in [-0.2, -0.15) is 0 Å². The highest BCUT2D eigenvalue weighted by Crippen LogP contribution is 2.29. The number of thiophene rings is 1. The summed E-state index contributed by atoms with van der Waals surface area (Å²) in [5.41, 5.74) is 1.33. The molecule has 0 radical (unpaired) electrons. The van der Waals surface area contributed by atoms with E-state index in [2.05, 4.69) is 5.32 Å². The van der Waals surface area contributed by atoms with Gasteiger partial charge in [-0.05, 0) is 35.2 Å². The molecule has 0 aliphatic carbocycles. The van der Waals surface area contributed by atoms with E-state index in [-0.39, 0.29) is 18.6 Å². The maximum Gasteiger partial charge on any atom is 0.337 e. The van der Waals surface area contributed by atoms with Gasteiger partial charge in [0, 0.05) is 4.88 Å². The highest BCUT2D eigenvalue weighted by molar-refractivity contribution is 7.10. The summed E-state index contributed by atoms with van der Waals surface area (Å²) in [7, 11) is 2.77. The second-order valence-electron chi connectivity index (χ2n) is 6.07. The number of benzene rings is 2. The van der Waals surface area contributed by atoms with E-state index < -0.39 is 5.97 Å². The summed E-state index contributed by atoms with van der Waals surface area (Å²) >= 11 is 1.58. The Balaban J connectivity index is 1.69. The number of hydrogen-bond acceptors (Lipinski definition) is 6. The minimum atomic E-state index is -0.478. The van der Waals surface area contributed by atoms with Gasteiger partial charge in [0.25, 0.3) is 5.91 Å². The predicted octanol–water partition coefficient (Wildman–Crippen LogP) is 3.83. The van der Waals surface area contributed by atoms with E-state index in [0.29, 0.717) is 17.1 Å². The summed E-state index contributed by atoms with van der Waals surface area (Å²) in [4.78, 5) is 25.2. The van der Waals surface area contributed by atoms with E-state index >= 15 is 0 Å². The van der Waals surface area contributed by atoms with Crippen molar-refractivity contribution in [3.8, 4) is 11.5 Å². The van der Waals surface area contributed by atoms with E-state index in [4.69, 9.17) is 14.2 Å². The Hall–Kier alpha value is -3.32. The first-order valence-corrected chi connectivity index (χ1v) is 9.77. The smallest absolute Gasteiger partial charge is 0.337 e. The number of esters is 1. The minimum Gasteiger partial charge on any atom is -0.493 e. The summed E-state index contributed by atoms with van der Waals surface area (Å²) in [6.07, 6.45) is 0. The Kier molecular flexibility index (Phi) is 6.86.